The van der Waals surface area contributed by atoms with Gasteiger partial charge in [0.15, 0.2) is 0 Å². The third-order valence-electron chi connectivity index (χ3n) is 1.27. The Bertz CT molecular complexity index is 309. The zero-order chi connectivity index (χ0) is 8.81. The molecular weight excluding hydrogens is 263 g/mol. The van der Waals surface area contributed by atoms with Crippen LogP contribution < -0.4 is 0 Å². The summed E-state index contributed by atoms with van der Waals surface area (Å²) in [6, 6.07) is 8.08. The topological polar surface area (TPSA) is 9.23 Å². The maximum atomic E-state index is 4.82. The SMILES string of the molecule is COCC#Cc1cccc(I)c1. The predicted molar refractivity (Wildman–Crippen MR) is 57.9 cm³/mol. The minimum Gasteiger partial charge on any atom is -0.372 e. The fourth-order valence-electron chi connectivity index (χ4n) is 0.777. The van der Waals surface area contributed by atoms with E-state index in [2.05, 4.69) is 34.4 Å². The Balaban J connectivity index is 2.71. The van der Waals surface area contributed by atoms with E-state index in [1.807, 2.05) is 24.3 Å². The van der Waals surface area contributed by atoms with Crippen molar-refractivity contribution in [2.45, 2.75) is 0 Å². The van der Waals surface area contributed by atoms with Gasteiger partial charge < -0.3 is 4.74 Å². The molecule has 0 aliphatic carbocycles. The molecule has 1 aromatic carbocycles. The molecule has 12 heavy (non-hydrogen) atoms. The van der Waals surface area contributed by atoms with Crippen molar-refractivity contribution in [3.8, 4) is 11.8 Å². The molecule has 0 radical (unpaired) electrons. The van der Waals surface area contributed by atoms with Crippen LogP contribution in [0.15, 0.2) is 24.3 Å². The normalized spacial score (nSPS) is 8.83. The second-order valence-electron chi connectivity index (χ2n) is 2.25. The van der Waals surface area contributed by atoms with Gasteiger partial charge in [-0.3, -0.25) is 0 Å². The van der Waals surface area contributed by atoms with Crippen LogP contribution in [0.5, 0.6) is 0 Å². The van der Waals surface area contributed by atoms with Crippen LogP contribution >= 0.6 is 22.6 Å². The average Bonchev–Trinajstić information content (AvgIpc) is 2.05. The molecule has 0 fully saturated rings. The van der Waals surface area contributed by atoms with Crippen molar-refractivity contribution < 1.29 is 4.74 Å². The van der Waals surface area contributed by atoms with Crippen molar-refractivity contribution in [3.63, 3.8) is 0 Å². The van der Waals surface area contributed by atoms with E-state index < -0.39 is 0 Å². The lowest BCUT2D eigenvalue weighted by molar-refractivity contribution is 0.240. The summed E-state index contributed by atoms with van der Waals surface area (Å²) < 4.78 is 6.02. The average molecular weight is 272 g/mol. The molecule has 0 aromatic heterocycles. The molecule has 0 saturated carbocycles. The van der Waals surface area contributed by atoms with Crippen molar-refractivity contribution in [3.05, 3.63) is 33.4 Å². The van der Waals surface area contributed by atoms with Crippen LogP contribution in [0.3, 0.4) is 0 Å². The third kappa shape index (κ3) is 3.24. The second kappa shape index (κ2) is 5.18. The van der Waals surface area contributed by atoms with E-state index in [1.165, 1.54) is 3.57 Å². The first-order chi connectivity index (χ1) is 5.83. The fraction of sp³-hybridized carbons (Fsp3) is 0.200. The third-order valence-corrected chi connectivity index (χ3v) is 1.94. The van der Waals surface area contributed by atoms with Gasteiger partial charge in [-0.05, 0) is 40.8 Å². The highest BCUT2D eigenvalue weighted by Crippen LogP contribution is 2.05. The van der Waals surface area contributed by atoms with Gasteiger partial charge in [-0.25, -0.2) is 0 Å². The lowest BCUT2D eigenvalue weighted by Gasteiger charge is -1.90. The highest BCUT2D eigenvalue weighted by molar-refractivity contribution is 14.1. The van der Waals surface area contributed by atoms with Crippen LogP contribution in [0.25, 0.3) is 0 Å². The van der Waals surface area contributed by atoms with Gasteiger partial charge in [0, 0.05) is 16.2 Å². The zero-order valence-electron chi connectivity index (χ0n) is 6.80. The van der Waals surface area contributed by atoms with Gasteiger partial charge in [0.1, 0.15) is 6.61 Å². The number of halogens is 1. The molecule has 1 aromatic rings. The monoisotopic (exact) mass is 272 g/mol. The molecule has 0 atom stereocenters. The van der Waals surface area contributed by atoms with Gasteiger partial charge in [-0.1, -0.05) is 17.9 Å². The first-order valence-corrected chi connectivity index (χ1v) is 4.64. The van der Waals surface area contributed by atoms with E-state index in [-0.39, 0.29) is 0 Å². The summed E-state index contributed by atoms with van der Waals surface area (Å²) in [5, 5.41) is 0. The van der Waals surface area contributed by atoms with E-state index in [9.17, 15) is 0 Å². The number of hydrogen-bond acceptors (Lipinski definition) is 1. The maximum absolute atomic E-state index is 4.82. The summed E-state index contributed by atoms with van der Waals surface area (Å²) >= 11 is 2.27. The zero-order valence-corrected chi connectivity index (χ0v) is 8.96. The van der Waals surface area contributed by atoms with Crippen molar-refractivity contribution in [2.75, 3.05) is 13.7 Å². The highest BCUT2D eigenvalue weighted by Gasteiger charge is 1.86. The van der Waals surface area contributed by atoms with Crippen LogP contribution in [0.1, 0.15) is 5.56 Å². The number of hydrogen-bond donors (Lipinski definition) is 0. The first kappa shape index (κ1) is 9.56. The molecule has 0 aliphatic rings. The number of rotatable bonds is 1. The molecule has 1 rings (SSSR count). The van der Waals surface area contributed by atoms with Crippen LogP contribution in [-0.2, 0) is 4.74 Å². The molecule has 2 heteroatoms. The number of benzene rings is 1. The lowest BCUT2D eigenvalue weighted by Crippen LogP contribution is -1.82. The maximum Gasteiger partial charge on any atom is 0.107 e. The standard InChI is InChI=1S/C10H9IO/c1-12-7-3-5-9-4-2-6-10(11)8-9/h2,4,6,8H,7H2,1H3. The quantitative estimate of drug-likeness (QED) is 0.563. The smallest absolute Gasteiger partial charge is 0.107 e. The molecule has 0 bridgehead atoms. The van der Waals surface area contributed by atoms with Gasteiger partial charge in [0.2, 0.25) is 0 Å². The summed E-state index contributed by atoms with van der Waals surface area (Å²) in [5.74, 6) is 5.91. The molecule has 0 heterocycles. The fourth-order valence-corrected chi connectivity index (χ4v) is 1.32. The summed E-state index contributed by atoms with van der Waals surface area (Å²) in [5.41, 5.74) is 1.04. The Labute approximate surface area is 86.3 Å². The van der Waals surface area contributed by atoms with Gasteiger partial charge in [-0.2, -0.15) is 0 Å². The van der Waals surface area contributed by atoms with E-state index in [0.717, 1.165) is 5.56 Å². The van der Waals surface area contributed by atoms with Crippen LogP contribution in [0, 0.1) is 15.4 Å². The summed E-state index contributed by atoms with van der Waals surface area (Å²) in [7, 11) is 1.64. The van der Waals surface area contributed by atoms with Gasteiger partial charge in [0.25, 0.3) is 0 Å². The van der Waals surface area contributed by atoms with Gasteiger partial charge in [0.05, 0.1) is 0 Å². The highest BCUT2D eigenvalue weighted by atomic mass is 127. The van der Waals surface area contributed by atoms with Crippen molar-refractivity contribution in [1.29, 1.82) is 0 Å². The summed E-state index contributed by atoms with van der Waals surface area (Å²) in [6.07, 6.45) is 0. The molecule has 1 nitrogen and oxygen atoms in total. The Morgan fingerprint density at radius 2 is 2.33 bits per heavy atom. The van der Waals surface area contributed by atoms with E-state index in [0.29, 0.717) is 6.61 Å². The molecular formula is C10H9IO. The molecule has 0 N–H and O–H groups in total. The minimum atomic E-state index is 0.492. The van der Waals surface area contributed by atoms with Crippen LogP contribution in [0.2, 0.25) is 0 Å². The van der Waals surface area contributed by atoms with E-state index >= 15 is 0 Å². The predicted octanol–water partition coefficient (Wildman–Crippen LogP) is 2.29. The van der Waals surface area contributed by atoms with Crippen molar-refractivity contribution in [2.24, 2.45) is 0 Å². The second-order valence-corrected chi connectivity index (χ2v) is 3.49. The largest absolute Gasteiger partial charge is 0.372 e. The summed E-state index contributed by atoms with van der Waals surface area (Å²) in [4.78, 5) is 0. The Hall–Kier alpha value is -0.530. The van der Waals surface area contributed by atoms with E-state index in [1.54, 1.807) is 7.11 Å². The Kier molecular flexibility index (Phi) is 4.12. The van der Waals surface area contributed by atoms with E-state index in [4.69, 9.17) is 4.74 Å². The Morgan fingerprint density at radius 1 is 1.50 bits per heavy atom. The van der Waals surface area contributed by atoms with Crippen molar-refractivity contribution in [1.82, 2.24) is 0 Å². The molecule has 0 amide bonds. The van der Waals surface area contributed by atoms with Crippen LogP contribution in [0.4, 0.5) is 0 Å². The molecule has 0 saturated heterocycles. The number of methoxy groups -OCH3 is 1. The molecule has 62 valence electrons. The lowest BCUT2D eigenvalue weighted by atomic mass is 10.2. The molecule has 0 spiro atoms. The molecule has 0 unspecified atom stereocenters. The first-order valence-electron chi connectivity index (χ1n) is 3.56. The van der Waals surface area contributed by atoms with Crippen LogP contribution in [-0.4, -0.2) is 13.7 Å². The number of ether oxygens (including phenoxy) is 1. The molecule has 0 aliphatic heterocycles. The van der Waals surface area contributed by atoms with Crippen molar-refractivity contribution >= 4 is 22.6 Å². The van der Waals surface area contributed by atoms with Gasteiger partial charge in [-0.15, -0.1) is 0 Å². The van der Waals surface area contributed by atoms with Gasteiger partial charge >= 0.3 is 0 Å². The summed E-state index contributed by atoms with van der Waals surface area (Å²) in [6.45, 7) is 0.492. The minimum absolute atomic E-state index is 0.492. The Morgan fingerprint density at radius 3 is 3.00 bits per heavy atom.